The van der Waals surface area contributed by atoms with Crippen LogP contribution in [0.2, 0.25) is 0 Å². The summed E-state index contributed by atoms with van der Waals surface area (Å²) in [7, 11) is 0. The molecule has 1 aromatic rings. The predicted molar refractivity (Wildman–Crippen MR) is 40.9 cm³/mol. The lowest BCUT2D eigenvalue weighted by atomic mass is 10.4. The van der Waals surface area contributed by atoms with Gasteiger partial charge in [0.1, 0.15) is 6.54 Å². The minimum atomic E-state index is -0.342. The van der Waals surface area contributed by atoms with Crippen LogP contribution >= 0.6 is 0 Å². The van der Waals surface area contributed by atoms with E-state index < -0.39 is 0 Å². The van der Waals surface area contributed by atoms with E-state index >= 15 is 0 Å². The van der Waals surface area contributed by atoms with Crippen molar-refractivity contribution in [2.45, 2.75) is 20.4 Å². The Morgan fingerprint density at radius 3 is 2.73 bits per heavy atom. The zero-order chi connectivity index (χ0) is 8.43. The number of hydrogen-bond acceptors (Lipinski definition) is 2. The second kappa shape index (κ2) is 2.74. The zero-order valence-corrected chi connectivity index (χ0v) is 6.66. The summed E-state index contributed by atoms with van der Waals surface area (Å²) in [6.07, 6.45) is 1.62. The van der Waals surface area contributed by atoms with E-state index in [2.05, 4.69) is 4.98 Å². The fourth-order valence-electron chi connectivity index (χ4n) is 0.871. The fourth-order valence-corrected chi connectivity index (χ4v) is 0.871. The Morgan fingerprint density at radius 2 is 2.36 bits per heavy atom. The Balaban J connectivity index is 2.87. The average Bonchev–Trinajstić information content (AvgIpc) is 2.18. The van der Waals surface area contributed by atoms with Crippen LogP contribution in [0, 0.1) is 13.8 Å². The smallest absolute Gasteiger partial charge is 0.237 e. The van der Waals surface area contributed by atoms with E-state index in [4.69, 9.17) is 5.73 Å². The molecule has 1 amide bonds. The van der Waals surface area contributed by atoms with Crippen molar-refractivity contribution in [1.29, 1.82) is 0 Å². The molecule has 0 aliphatic heterocycles. The quantitative estimate of drug-likeness (QED) is 0.649. The van der Waals surface area contributed by atoms with E-state index in [-0.39, 0.29) is 12.5 Å². The summed E-state index contributed by atoms with van der Waals surface area (Å²) in [6.45, 7) is 4.02. The van der Waals surface area contributed by atoms with Crippen LogP contribution in [0.4, 0.5) is 0 Å². The molecule has 0 aromatic carbocycles. The number of carbonyl (C=O) groups is 1. The first-order valence-corrected chi connectivity index (χ1v) is 3.38. The number of hydrogen-bond donors (Lipinski definition) is 1. The van der Waals surface area contributed by atoms with Crippen molar-refractivity contribution in [3.63, 3.8) is 0 Å². The Bertz CT molecular complexity index is 277. The lowest BCUT2D eigenvalue weighted by Crippen LogP contribution is -2.18. The predicted octanol–water partition coefficient (Wildman–Crippen LogP) is -0.0148. The molecule has 0 saturated carbocycles. The van der Waals surface area contributed by atoms with Crippen molar-refractivity contribution in [3.8, 4) is 0 Å². The molecule has 0 aliphatic carbocycles. The second-order valence-corrected chi connectivity index (χ2v) is 2.51. The number of rotatable bonds is 2. The van der Waals surface area contributed by atoms with Crippen molar-refractivity contribution in [2.75, 3.05) is 0 Å². The molecule has 60 valence electrons. The summed E-state index contributed by atoms with van der Waals surface area (Å²) in [6, 6.07) is 0. The Morgan fingerprint density at radius 1 is 1.73 bits per heavy atom. The molecule has 2 N–H and O–H groups in total. The molecule has 0 saturated heterocycles. The number of aromatic nitrogens is 2. The van der Waals surface area contributed by atoms with Crippen LogP contribution in [0.5, 0.6) is 0 Å². The SMILES string of the molecule is Cc1ncn(CC(N)=O)c1C. The molecule has 4 nitrogen and oxygen atoms in total. The third-order valence-corrected chi connectivity index (χ3v) is 1.67. The normalized spacial score (nSPS) is 10.0. The molecule has 0 spiro atoms. The highest BCUT2D eigenvalue weighted by Gasteiger charge is 2.02. The molecule has 0 aliphatic rings. The van der Waals surface area contributed by atoms with Crippen LogP contribution in [-0.2, 0) is 11.3 Å². The van der Waals surface area contributed by atoms with Gasteiger partial charge in [0.15, 0.2) is 0 Å². The first-order chi connectivity index (χ1) is 5.11. The molecule has 1 rings (SSSR count). The molecule has 0 unspecified atom stereocenters. The minimum absolute atomic E-state index is 0.215. The van der Waals surface area contributed by atoms with Gasteiger partial charge < -0.3 is 10.3 Å². The van der Waals surface area contributed by atoms with Gasteiger partial charge in [-0.05, 0) is 13.8 Å². The molecule has 11 heavy (non-hydrogen) atoms. The van der Waals surface area contributed by atoms with Gasteiger partial charge in [-0.15, -0.1) is 0 Å². The lowest BCUT2D eigenvalue weighted by Gasteiger charge is -1.99. The molecule has 1 aromatic heterocycles. The summed E-state index contributed by atoms with van der Waals surface area (Å²) in [4.78, 5) is 14.5. The maximum atomic E-state index is 10.5. The topological polar surface area (TPSA) is 60.9 Å². The van der Waals surface area contributed by atoms with Gasteiger partial charge >= 0.3 is 0 Å². The van der Waals surface area contributed by atoms with Gasteiger partial charge in [-0.25, -0.2) is 4.98 Å². The van der Waals surface area contributed by atoms with Crippen molar-refractivity contribution in [1.82, 2.24) is 9.55 Å². The van der Waals surface area contributed by atoms with Gasteiger partial charge in [0, 0.05) is 5.69 Å². The van der Waals surface area contributed by atoms with E-state index in [0.717, 1.165) is 11.4 Å². The van der Waals surface area contributed by atoms with Crippen molar-refractivity contribution < 1.29 is 4.79 Å². The highest BCUT2D eigenvalue weighted by atomic mass is 16.1. The van der Waals surface area contributed by atoms with Gasteiger partial charge in [0.25, 0.3) is 0 Å². The summed E-state index contributed by atoms with van der Waals surface area (Å²) in [5, 5.41) is 0. The molecule has 0 bridgehead atoms. The van der Waals surface area contributed by atoms with Crippen LogP contribution in [0.25, 0.3) is 0 Å². The molecule has 1 heterocycles. The molecular formula is C7H11N3O. The van der Waals surface area contributed by atoms with E-state index in [1.54, 1.807) is 10.9 Å². The third-order valence-electron chi connectivity index (χ3n) is 1.67. The van der Waals surface area contributed by atoms with Crippen molar-refractivity contribution in [3.05, 3.63) is 17.7 Å². The third kappa shape index (κ3) is 1.58. The van der Waals surface area contributed by atoms with Gasteiger partial charge in [0.05, 0.1) is 12.0 Å². The summed E-state index contributed by atoms with van der Waals surface area (Å²) < 4.78 is 1.73. The largest absolute Gasteiger partial charge is 0.368 e. The zero-order valence-electron chi connectivity index (χ0n) is 6.66. The fraction of sp³-hybridized carbons (Fsp3) is 0.429. The van der Waals surface area contributed by atoms with Crippen LogP contribution in [0.3, 0.4) is 0 Å². The highest BCUT2D eigenvalue weighted by Crippen LogP contribution is 2.02. The average molecular weight is 153 g/mol. The molecular weight excluding hydrogens is 142 g/mol. The number of aryl methyl sites for hydroxylation is 1. The maximum Gasteiger partial charge on any atom is 0.237 e. The Labute approximate surface area is 65.0 Å². The molecule has 4 heteroatoms. The monoisotopic (exact) mass is 153 g/mol. The van der Waals surface area contributed by atoms with Crippen LogP contribution in [-0.4, -0.2) is 15.5 Å². The van der Waals surface area contributed by atoms with E-state index in [0.29, 0.717) is 0 Å². The van der Waals surface area contributed by atoms with Crippen molar-refractivity contribution in [2.24, 2.45) is 5.73 Å². The highest BCUT2D eigenvalue weighted by molar-refractivity contribution is 5.73. The number of nitrogens with two attached hydrogens (primary N) is 1. The number of primary amides is 1. The van der Waals surface area contributed by atoms with E-state index in [1.165, 1.54) is 0 Å². The summed E-state index contributed by atoms with van der Waals surface area (Å²) in [5.41, 5.74) is 6.94. The Kier molecular flexibility index (Phi) is 1.94. The second-order valence-electron chi connectivity index (χ2n) is 2.51. The van der Waals surface area contributed by atoms with Gasteiger partial charge in [-0.3, -0.25) is 4.79 Å². The van der Waals surface area contributed by atoms with Crippen LogP contribution in [0.15, 0.2) is 6.33 Å². The van der Waals surface area contributed by atoms with E-state index in [9.17, 15) is 4.79 Å². The summed E-state index contributed by atoms with van der Waals surface area (Å²) in [5.74, 6) is -0.342. The van der Waals surface area contributed by atoms with Crippen LogP contribution < -0.4 is 5.73 Å². The molecule has 0 radical (unpaired) electrons. The minimum Gasteiger partial charge on any atom is -0.368 e. The van der Waals surface area contributed by atoms with Gasteiger partial charge in [-0.2, -0.15) is 0 Å². The number of nitrogens with zero attached hydrogens (tertiary/aromatic N) is 2. The van der Waals surface area contributed by atoms with Crippen LogP contribution in [0.1, 0.15) is 11.4 Å². The van der Waals surface area contributed by atoms with Gasteiger partial charge in [-0.1, -0.05) is 0 Å². The maximum absolute atomic E-state index is 10.5. The van der Waals surface area contributed by atoms with Gasteiger partial charge in [0.2, 0.25) is 5.91 Å². The van der Waals surface area contributed by atoms with Crippen molar-refractivity contribution >= 4 is 5.91 Å². The number of imidazole rings is 1. The standard InChI is InChI=1S/C7H11N3O/c1-5-6(2)10(4-9-5)3-7(8)11/h4H,3H2,1-2H3,(H2,8,11). The van der Waals surface area contributed by atoms with E-state index in [1.807, 2.05) is 13.8 Å². The summed E-state index contributed by atoms with van der Waals surface area (Å²) >= 11 is 0. The molecule has 0 fully saturated rings. The first kappa shape index (κ1) is 7.78. The Hall–Kier alpha value is -1.32. The number of amides is 1. The lowest BCUT2D eigenvalue weighted by molar-refractivity contribution is -0.118. The molecule has 0 atom stereocenters. The first-order valence-electron chi connectivity index (χ1n) is 3.38. The number of carbonyl (C=O) groups excluding carboxylic acids is 1.